The number of nitrogens with zero attached hydrogens (tertiary/aromatic N) is 3. The molecule has 4 heteroatoms. The maximum atomic E-state index is 8.67. The van der Waals surface area contributed by atoms with E-state index < -0.39 is 0 Å². The van der Waals surface area contributed by atoms with Gasteiger partial charge in [0.05, 0.1) is 5.69 Å². The fourth-order valence-electron chi connectivity index (χ4n) is 1.30. The van der Waals surface area contributed by atoms with E-state index in [1.807, 2.05) is 25.1 Å². The Kier molecular flexibility index (Phi) is 1.99. The monoisotopic (exact) mass is 184 g/mol. The smallest absolute Gasteiger partial charge is 0.210 e. The van der Waals surface area contributed by atoms with Crippen molar-refractivity contribution >= 4 is 0 Å². The molecule has 2 aromatic heterocycles. The van der Waals surface area contributed by atoms with Crippen LogP contribution in [0.2, 0.25) is 0 Å². The minimum atomic E-state index is 0.342. The molecular weight excluding hydrogens is 176 g/mol. The Morgan fingerprint density at radius 2 is 2.07 bits per heavy atom. The highest BCUT2D eigenvalue weighted by Gasteiger charge is 2.07. The molecule has 14 heavy (non-hydrogen) atoms. The van der Waals surface area contributed by atoms with Crippen molar-refractivity contribution in [2.75, 3.05) is 0 Å². The second-order valence-electron chi connectivity index (χ2n) is 2.91. The molecule has 0 aliphatic heterocycles. The average Bonchev–Trinajstić information content (AvgIpc) is 2.61. The number of H-pyrrole nitrogens is 1. The molecule has 4 nitrogen and oxygen atoms in total. The van der Waals surface area contributed by atoms with Gasteiger partial charge < -0.3 is 4.98 Å². The number of hydrogen-bond acceptors (Lipinski definition) is 3. The minimum Gasteiger partial charge on any atom is -0.333 e. The molecule has 2 heterocycles. The zero-order chi connectivity index (χ0) is 9.97. The van der Waals surface area contributed by atoms with Gasteiger partial charge in [-0.15, -0.1) is 0 Å². The predicted molar refractivity (Wildman–Crippen MR) is 51.3 cm³/mol. The van der Waals surface area contributed by atoms with Gasteiger partial charge in [-0.1, -0.05) is 0 Å². The van der Waals surface area contributed by atoms with Crippen LogP contribution < -0.4 is 0 Å². The van der Waals surface area contributed by atoms with E-state index in [4.69, 9.17) is 5.26 Å². The molecule has 2 rings (SSSR count). The molecule has 2 aromatic rings. The zero-order valence-electron chi connectivity index (χ0n) is 7.65. The Hall–Kier alpha value is -2.15. The number of nitrogens with one attached hydrogen (secondary N) is 1. The van der Waals surface area contributed by atoms with Crippen LogP contribution >= 0.6 is 0 Å². The van der Waals surface area contributed by atoms with Gasteiger partial charge in [-0.05, 0) is 19.1 Å². The van der Waals surface area contributed by atoms with Crippen LogP contribution in [-0.4, -0.2) is 15.0 Å². The first-order valence-corrected chi connectivity index (χ1v) is 4.18. The summed E-state index contributed by atoms with van der Waals surface area (Å²) in [7, 11) is 0. The van der Waals surface area contributed by atoms with Gasteiger partial charge in [0, 0.05) is 23.7 Å². The van der Waals surface area contributed by atoms with Crippen molar-refractivity contribution in [2.45, 2.75) is 6.92 Å². The topological polar surface area (TPSA) is 65.4 Å². The number of rotatable bonds is 1. The molecular formula is C10H8N4. The molecule has 0 aromatic carbocycles. The molecule has 0 radical (unpaired) electrons. The lowest BCUT2D eigenvalue weighted by atomic mass is 10.2. The maximum absolute atomic E-state index is 8.67. The quantitative estimate of drug-likeness (QED) is 0.732. The summed E-state index contributed by atoms with van der Waals surface area (Å²) in [5, 5.41) is 8.67. The van der Waals surface area contributed by atoms with Gasteiger partial charge in [-0.2, -0.15) is 5.26 Å². The first-order chi connectivity index (χ1) is 6.81. The number of hydrogen-bond donors (Lipinski definition) is 1. The molecule has 0 amide bonds. The Bertz CT molecular complexity index is 479. The van der Waals surface area contributed by atoms with Crippen molar-refractivity contribution in [1.29, 1.82) is 5.26 Å². The predicted octanol–water partition coefficient (Wildman–Crippen LogP) is 1.65. The lowest BCUT2D eigenvalue weighted by molar-refractivity contribution is 1.20. The van der Waals surface area contributed by atoms with Crippen molar-refractivity contribution in [3.8, 4) is 17.3 Å². The second-order valence-corrected chi connectivity index (χ2v) is 2.91. The number of imidazole rings is 1. The number of aromatic amines is 1. The first kappa shape index (κ1) is 8.45. The fraction of sp³-hybridized carbons (Fsp3) is 0.100. The third-order valence-electron chi connectivity index (χ3n) is 1.94. The molecule has 0 saturated heterocycles. The Balaban J connectivity index is 2.53. The molecule has 0 bridgehead atoms. The van der Waals surface area contributed by atoms with Crippen LogP contribution in [0.4, 0.5) is 0 Å². The summed E-state index contributed by atoms with van der Waals surface area (Å²) in [4.78, 5) is 11.0. The molecule has 1 N–H and O–H groups in total. The van der Waals surface area contributed by atoms with Crippen LogP contribution in [0.3, 0.4) is 0 Å². The molecule has 0 atom stereocenters. The number of aryl methyl sites for hydroxylation is 1. The van der Waals surface area contributed by atoms with Gasteiger partial charge >= 0.3 is 0 Å². The van der Waals surface area contributed by atoms with E-state index in [2.05, 4.69) is 15.0 Å². The van der Waals surface area contributed by atoms with E-state index >= 15 is 0 Å². The average molecular weight is 184 g/mol. The van der Waals surface area contributed by atoms with E-state index in [0.29, 0.717) is 5.82 Å². The maximum Gasteiger partial charge on any atom is 0.210 e. The van der Waals surface area contributed by atoms with Gasteiger partial charge in [0.15, 0.2) is 0 Å². The summed E-state index contributed by atoms with van der Waals surface area (Å²) in [5.41, 5.74) is 2.67. The molecule has 0 fully saturated rings. The normalized spacial score (nSPS) is 9.71. The van der Waals surface area contributed by atoms with E-state index in [1.165, 1.54) is 0 Å². The van der Waals surface area contributed by atoms with Gasteiger partial charge in [0.1, 0.15) is 6.07 Å². The van der Waals surface area contributed by atoms with Crippen LogP contribution in [-0.2, 0) is 0 Å². The first-order valence-electron chi connectivity index (χ1n) is 4.18. The van der Waals surface area contributed by atoms with Crippen LogP contribution in [0.25, 0.3) is 11.3 Å². The number of aromatic nitrogens is 3. The van der Waals surface area contributed by atoms with E-state index in [9.17, 15) is 0 Å². The van der Waals surface area contributed by atoms with E-state index in [0.717, 1.165) is 17.0 Å². The fourth-order valence-corrected chi connectivity index (χ4v) is 1.30. The summed E-state index contributed by atoms with van der Waals surface area (Å²) in [6.07, 6.45) is 3.41. The number of pyridine rings is 1. The minimum absolute atomic E-state index is 0.342. The second kappa shape index (κ2) is 3.30. The molecule has 0 aliphatic carbocycles. The molecule has 0 saturated carbocycles. The highest BCUT2D eigenvalue weighted by molar-refractivity contribution is 5.61. The highest BCUT2D eigenvalue weighted by Crippen LogP contribution is 2.19. The van der Waals surface area contributed by atoms with Gasteiger partial charge in [0.25, 0.3) is 0 Å². The molecule has 68 valence electrons. The van der Waals surface area contributed by atoms with Crippen LogP contribution in [0.5, 0.6) is 0 Å². The van der Waals surface area contributed by atoms with Crippen molar-refractivity contribution in [1.82, 2.24) is 15.0 Å². The highest BCUT2D eigenvalue weighted by atomic mass is 14.9. The standard InChI is InChI=1S/C10H8N4/c1-7-10(14-9(6-11)13-7)8-2-4-12-5-3-8/h2-5H,1H3,(H,13,14). The molecule has 0 spiro atoms. The number of nitriles is 1. The van der Waals surface area contributed by atoms with Crippen molar-refractivity contribution in [3.63, 3.8) is 0 Å². The summed E-state index contributed by atoms with van der Waals surface area (Å²) >= 11 is 0. The third kappa shape index (κ3) is 1.36. The van der Waals surface area contributed by atoms with Crippen molar-refractivity contribution < 1.29 is 0 Å². The van der Waals surface area contributed by atoms with Crippen LogP contribution in [0, 0.1) is 18.3 Å². The zero-order valence-corrected chi connectivity index (χ0v) is 7.65. The van der Waals surface area contributed by atoms with Gasteiger partial charge in [0.2, 0.25) is 5.82 Å². The van der Waals surface area contributed by atoms with E-state index in [1.54, 1.807) is 12.4 Å². The Morgan fingerprint density at radius 1 is 1.36 bits per heavy atom. The summed E-state index contributed by atoms with van der Waals surface area (Å²) in [6.45, 7) is 1.89. The van der Waals surface area contributed by atoms with Gasteiger partial charge in [-0.3, -0.25) is 4.98 Å². The van der Waals surface area contributed by atoms with Crippen molar-refractivity contribution in [2.24, 2.45) is 0 Å². The van der Waals surface area contributed by atoms with Crippen LogP contribution in [0.1, 0.15) is 11.5 Å². The molecule has 0 unspecified atom stereocenters. The summed E-state index contributed by atoms with van der Waals surface area (Å²) < 4.78 is 0. The summed E-state index contributed by atoms with van der Waals surface area (Å²) in [5.74, 6) is 0.342. The SMILES string of the molecule is Cc1[nH]c(C#N)nc1-c1ccncc1. The lowest BCUT2D eigenvalue weighted by Gasteiger charge is -1.95. The van der Waals surface area contributed by atoms with E-state index in [-0.39, 0.29) is 0 Å². The lowest BCUT2D eigenvalue weighted by Crippen LogP contribution is -1.81. The van der Waals surface area contributed by atoms with Gasteiger partial charge in [-0.25, -0.2) is 4.98 Å². The van der Waals surface area contributed by atoms with Crippen LogP contribution in [0.15, 0.2) is 24.5 Å². The van der Waals surface area contributed by atoms with Crippen molar-refractivity contribution in [3.05, 3.63) is 36.0 Å². The Morgan fingerprint density at radius 3 is 2.64 bits per heavy atom. The summed E-state index contributed by atoms with van der Waals surface area (Å²) in [6, 6.07) is 5.71. The third-order valence-corrected chi connectivity index (χ3v) is 1.94. The largest absolute Gasteiger partial charge is 0.333 e. The molecule has 0 aliphatic rings. The Labute approximate surface area is 81.3 Å².